The maximum atomic E-state index is 6.21. The number of nitrogens with one attached hydrogen (secondary N) is 1. The lowest BCUT2D eigenvalue weighted by Gasteiger charge is -2.38. The second kappa shape index (κ2) is 10.8. The van der Waals surface area contributed by atoms with Crippen LogP contribution in [0, 0.1) is 0 Å². The fourth-order valence-electron chi connectivity index (χ4n) is 4.68. The molecule has 1 aromatic heterocycles. The zero-order chi connectivity index (χ0) is 24.1. The topological polar surface area (TPSA) is 104 Å². The van der Waals surface area contributed by atoms with Crippen LogP contribution in [-0.2, 0) is 16.0 Å². The van der Waals surface area contributed by atoms with Crippen LogP contribution in [0.1, 0.15) is 24.1 Å². The van der Waals surface area contributed by atoms with Crippen LogP contribution >= 0.6 is 12.2 Å². The second-order valence-electron chi connectivity index (χ2n) is 9.02. The van der Waals surface area contributed by atoms with E-state index in [1.54, 1.807) is 12.4 Å². The molecule has 3 N–H and O–H groups in total. The summed E-state index contributed by atoms with van der Waals surface area (Å²) in [4.78, 5) is 15.7. The van der Waals surface area contributed by atoms with E-state index in [0.29, 0.717) is 24.0 Å². The number of nitrogens with zero attached hydrogens (tertiary/aromatic N) is 6. The van der Waals surface area contributed by atoms with E-state index in [0.717, 1.165) is 64.5 Å². The number of piperazine rings is 1. The molecule has 3 aliphatic heterocycles. The first-order chi connectivity index (χ1) is 17.1. The van der Waals surface area contributed by atoms with E-state index in [4.69, 9.17) is 27.4 Å². The Morgan fingerprint density at radius 1 is 1.03 bits per heavy atom. The summed E-state index contributed by atoms with van der Waals surface area (Å²) in [5, 5.41) is 4.85. The first-order valence-corrected chi connectivity index (χ1v) is 12.5. The van der Waals surface area contributed by atoms with Gasteiger partial charge in [-0.1, -0.05) is 30.3 Å². The maximum absolute atomic E-state index is 6.21. The van der Waals surface area contributed by atoms with Crippen molar-refractivity contribution in [1.82, 2.24) is 25.2 Å². The maximum Gasteiger partial charge on any atom is 0.189 e. The molecule has 0 bridgehead atoms. The zero-order valence-corrected chi connectivity index (χ0v) is 20.6. The van der Waals surface area contributed by atoms with Gasteiger partial charge in [-0.25, -0.2) is 4.98 Å². The van der Waals surface area contributed by atoms with Gasteiger partial charge in [-0.2, -0.15) is 5.10 Å². The van der Waals surface area contributed by atoms with E-state index in [1.807, 2.05) is 6.07 Å². The normalized spacial score (nSPS) is 20.9. The van der Waals surface area contributed by atoms with E-state index in [1.165, 1.54) is 5.56 Å². The average Bonchev–Trinajstić information content (AvgIpc) is 3.36. The van der Waals surface area contributed by atoms with Gasteiger partial charge in [0.05, 0.1) is 25.6 Å². The van der Waals surface area contributed by atoms with Gasteiger partial charge in [-0.15, -0.1) is 0 Å². The molecule has 35 heavy (non-hydrogen) atoms. The van der Waals surface area contributed by atoms with Crippen LogP contribution in [0.15, 0.2) is 47.8 Å². The molecule has 1 spiro atoms. The highest BCUT2D eigenvalue weighted by Crippen LogP contribution is 2.32. The van der Waals surface area contributed by atoms with E-state index in [-0.39, 0.29) is 5.84 Å². The van der Waals surface area contributed by atoms with Crippen molar-refractivity contribution in [2.45, 2.75) is 25.2 Å². The minimum absolute atomic E-state index is 0.250. The van der Waals surface area contributed by atoms with Gasteiger partial charge >= 0.3 is 0 Å². The molecular formula is C24H32N8O2S. The van der Waals surface area contributed by atoms with Gasteiger partial charge in [-0.3, -0.25) is 15.3 Å². The Bertz CT molecular complexity index is 1030. The molecule has 0 saturated carbocycles. The molecule has 3 aliphatic rings. The fraction of sp³-hybridized carbons (Fsp3) is 0.500. The SMILES string of the molecule is N/C(=N\NC(=S)N1CCN(Cc2ccccc2)CC1)c1cncc(N2CCC3(CC2)OCCO3)n1. The highest BCUT2D eigenvalue weighted by Gasteiger charge is 2.40. The quantitative estimate of drug-likeness (QED) is 0.271. The van der Waals surface area contributed by atoms with Crippen molar-refractivity contribution < 1.29 is 9.47 Å². The molecule has 10 nitrogen and oxygen atoms in total. The van der Waals surface area contributed by atoms with Gasteiger partial charge in [0, 0.05) is 58.7 Å². The van der Waals surface area contributed by atoms with E-state index >= 15 is 0 Å². The van der Waals surface area contributed by atoms with Crippen LogP contribution in [0.5, 0.6) is 0 Å². The standard InChI is InChI=1S/C24H32N8O2S/c25-22(20-16-26-17-21(27-20)31-8-6-24(7-9-31)33-14-15-34-24)28-29-23(35)32-12-10-30(11-13-32)18-19-4-2-1-3-5-19/h1-5,16-17H,6-15,18H2,(H2,25,28)(H,29,35). The summed E-state index contributed by atoms with van der Waals surface area (Å²) in [6.07, 6.45) is 4.97. The van der Waals surface area contributed by atoms with Crippen molar-refractivity contribution in [3.63, 3.8) is 0 Å². The largest absolute Gasteiger partial charge is 0.380 e. The van der Waals surface area contributed by atoms with Crippen LogP contribution in [0.2, 0.25) is 0 Å². The Hall–Kier alpha value is -2.86. The van der Waals surface area contributed by atoms with Gasteiger partial charge in [0.1, 0.15) is 11.5 Å². The molecule has 0 amide bonds. The lowest BCUT2D eigenvalue weighted by atomic mass is 10.0. The Morgan fingerprint density at radius 3 is 2.46 bits per heavy atom. The minimum atomic E-state index is -0.422. The van der Waals surface area contributed by atoms with Gasteiger partial charge in [0.25, 0.3) is 0 Å². The summed E-state index contributed by atoms with van der Waals surface area (Å²) in [6.45, 7) is 7.42. The average molecular weight is 497 g/mol. The third-order valence-electron chi connectivity index (χ3n) is 6.73. The van der Waals surface area contributed by atoms with Crippen molar-refractivity contribution in [1.29, 1.82) is 0 Å². The van der Waals surface area contributed by atoms with Crippen LogP contribution in [0.25, 0.3) is 0 Å². The number of amidine groups is 1. The molecule has 0 unspecified atom stereocenters. The van der Waals surface area contributed by atoms with Gasteiger partial charge in [0.2, 0.25) is 0 Å². The highest BCUT2D eigenvalue weighted by atomic mass is 32.1. The zero-order valence-electron chi connectivity index (χ0n) is 19.8. The van der Waals surface area contributed by atoms with Gasteiger partial charge in [0.15, 0.2) is 16.7 Å². The van der Waals surface area contributed by atoms with Crippen LogP contribution in [0.4, 0.5) is 5.82 Å². The minimum Gasteiger partial charge on any atom is -0.380 e. The lowest BCUT2D eigenvalue weighted by Crippen LogP contribution is -2.50. The van der Waals surface area contributed by atoms with Crippen molar-refractivity contribution in [2.75, 3.05) is 57.4 Å². The number of hydrogen-bond acceptors (Lipinski definition) is 8. The third kappa shape index (κ3) is 5.87. The molecule has 186 valence electrons. The number of rotatable bonds is 5. The Labute approximate surface area is 211 Å². The Kier molecular flexibility index (Phi) is 7.37. The summed E-state index contributed by atoms with van der Waals surface area (Å²) < 4.78 is 11.6. The molecule has 0 radical (unpaired) electrons. The van der Waals surface area contributed by atoms with E-state index in [2.05, 4.69) is 59.5 Å². The Balaban J connectivity index is 1.11. The van der Waals surface area contributed by atoms with Gasteiger partial charge in [-0.05, 0) is 17.8 Å². The number of hydrazone groups is 1. The first kappa shape index (κ1) is 23.9. The molecular weight excluding hydrogens is 464 g/mol. The van der Waals surface area contributed by atoms with Crippen molar-refractivity contribution in [3.05, 3.63) is 54.0 Å². The third-order valence-corrected chi connectivity index (χ3v) is 7.08. The smallest absolute Gasteiger partial charge is 0.189 e. The van der Waals surface area contributed by atoms with Crippen molar-refractivity contribution in [2.24, 2.45) is 10.8 Å². The molecule has 11 heteroatoms. The summed E-state index contributed by atoms with van der Waals surface area (Å²) >= 11 is 5.55. The highest BCUT2D eigenvalue weighted by molar-refractivity contribution is 7.80. The van der Waals surface area contributed by atoms with Crippen LogP contribution in [-0.4, -0.2) is 89.0 Å². The number of benzene rings is 1. The van der Waals surface area contributed by atoms with Crippen molar-refractivity contribution in [3.8, 4) is 0 Å². The molecule has 0 atom stereocenters. The number of piperidine rings is 1. The number of aromatic nitrogens is 2. The molecule has 1 aromatic carbocycles. The fourth-order valence-corrected chi connectivity index (χ4v) is 4.91. The molecule has 3 saturated heterocycles. The number of hydrogen-bond donors (Lipinski definition) is 2. The predicted molar refractivity (Wildman–Crippen MR) is 138 cm³/mol. The Morgan fingerprint density at radius 2 is 1.74 bits per heavy atom. The second-order valence-corrected chi connectivity index (χ2v) is 9.41. The summed E-state index contributed by atoms with van der Waals surface area (Å²) in [5.74, 6) is 0.597. The predicted octanol–water partition coefficient (Wildman–Crippen LogP) is 1.13. The van der Waals surface area contributed by atoms with E-state index < -0.39 is 5.79 Å². The molecule has 2 aromatic rings. The van der Waals surface area contributed by atoms with Gasteiger partial charge < -0.3 is 25.0 Å². The van der Waals surface area contributed by atoms with Crippen LogP contribution < -0.4 is 16.1 Å². The molecule has 0 aliphatic carbocycles. The monoisotopic (exact) mass is 496 g/mol. The molecule has 4 heterocycles. The van der Waals surface area contributed by atoms with E-state index in [9.17, 15) is 0 Å². The molecule has 3 fully saturated rings. The molecule has 5 rings (SSSR count). The summed E-state index contributed by atoms with van der Waals surface area (Å²) in [5.41, 5.74) is 11.0. The number of ether oxygens (including phenoxy) is 2. The summed E-state index contributed by atoms with van der Waals surface area (Å²) in [6, 6.07) is 10.5. The summed E-state index contributed by atoms with van der Waals surface area (Å²) in [7, 11) is 0. The lowest BCUT2D eigenvalue weighted by molar-refractivity contribution is -0.169. The van der Waals surface area contributed by atoms with Crippen LogP contribution in [0.3, 0.4) is 0 Å². The first-order valence-electron chi connectivity index (χ1n) is 12.1. The van der Waals surface area contributed by atoms with Crippen molar-refractivity contribution >= 4 is 29.0 Å². The number of thiocarbonyl (C=S) groups is 1. The number of nitrogens with two attached hydrogens (primary N) is 1. The number of anilines is 1.